The topological polar surface area (TPSA) is 40.5 Å². The Balaban J connectivity index is 1.96. The molecular weight excluding hydrogens is 344 g/mol. The van der Waals surface area contributed by atoms with Crippen molar-refractivity contribution in [2.75, 3.05) is 0 Å². The van der Waals surface area contributed by atoms with Crippen molar-refractivity contribution in [2.45, 2.75) is 0 Å². The van der Waals surface area contributed by atoms with Crippen LogP contribution in [0.25, 0.3) is 22.8 Å². The van der Waals surface area contributed by atoms with Gasteiger partial charge < -0.3 is 10.2 Å². The molecule has 2 nitrogen and oxygen atoms in total. The number of rotatable bonds is 4. The van der Waals surface area contributed by atoms with Gasteiger partial charge >= 0.3 is 0 Å². The van der Waals surface area contributed by atoms with Crippen molar-refractivity contribution in [1.82, 2.24) is 0 Å². The molecule has 0 saturated carbocycles. The lowest BCUT2D eigenvalue weighted by molar-refractivity contribution is 0.469. The molecule has 4 rings (SSSR count). The van der Waals surface area contributed by atoms with Gasteiger partial charge in [0, 0.05) is 11.1 Å². The van der Waals surface area contributed by atoms with E-state index in [0.717, 1.165) is 22.3 Å². The van der Waals surface area contributed by atoms with Crippen molar-refractivity contribution in [1.29, 1.82) is 0 Å². The van der Waals surface area contributed by atoms with Gasteiger partial charge in [0.15, 0.2) is 0 Å². The summed E-state index contributed by atoms with van der Waals surface area (Å²) in [5, 5.41) is 20.9. The summed E-state index contributed by atoms with van der Waals surface area (Å²) in [5.74, 6) is 0.273. The zero-order valence-corrected chi connectivity index (χ0v) is 15.3. The van der Waals surface area contributed by atoms with Gasteiger partial charge in [-0.2, -0.15) is 0 Å². The molecule has 28 heavy (non-hydrogen) atoms. The minimum atomic E-state index is 0.135. The Bertz CT molecular complexity index is 1070. The van der Waals surface area contributed by atoms with Gasteiger partial charge in [0.25, 0.3) is 0 Å². The van der Waals surface area contributed by atoms with E-state index >= 15 is 0 Å². The van der Waals surface area contributed by atoms with Crippen molar-refractivity contribution in [2.24, 2.45) is 0 Å². The smallest absolute Gasteiger partial charge is 0.124 e. The largest absolute Gasteiger partial charge is 0.507 e. The SMILES string of the molecule is Oc1ccccc1-c1c(O)cccc1C=C(c1ccccc1)c1ccccc1. The van der Waals surface area contributed by atoms with E-state index in [9.17, 15) is 10.2 Å². The minimum absolute atomic E-state index is 0.135. The number of hydrogen-bond acceptors (Lipinski definition) is 2. The summed E-state index contributed by atoms with van der Waals surface area (Å²) in [7, 11) is 0. The summed E-state index contributed by atoms with van der Waals surface area (Å²) in [4.78, 5) is 0. The first-order valence-electron chi connectivity index (χ1n) is 9.17. The number of phenolic OH excluding ortho intramolecular Hbond substituents is 2. The standard InChI is InChI=1S/C26H20O2/c27-24-16-8-7-15-22(24)26-21(14-9-17-25(26)28)18-23(19-10-3-1-4-11-19)20-12-5-2-6-13-20/h1-18,27-28H. The lowest BCUT2D eigenvalue weighted by atomic mass is 9.92. The Morgan fingerprint density at radius 2 is 1.07 bits per heavy atom. The molecule has 0 aliphatic carbocycles. The summed E-state index contributed by atoms with van der Waals surface area (Å²) in [6.07, 6.45) is 2.06. The van der Waals surface area contributed by atoms with E-state index in [1.54, 1.807) is 18.2 Å². The highest BCUT2D eigenvalue weighted by Gasteiger charge is 2.14. The molecule has 0 unspecified atom stereocenters. The van der Waals surface area contributed by atoms with Gasteiger partial charge in [-0.1, -0.05) is 91.0 Å². The molecular formula is C26H20O2. The summed E-state index contributed by atoms with van der Waals surface area (Å²) in [5.41, 5.74) is 5.27. The highest BCUT2D eigenvalue weighted by atomic mass is 16.3. The normalized spacial score (nSPS) is 10.4. The Labute approximate surface area is 164 Å². The molecule has 2 heteroatoms. The van der Waals surface area contributed by atoms with Crippen LogP contribution in [-0.4, -0.2) is 10.2 Å². The molecule has 0 fully saturated rings. The van der Waals surface area contributed by atoms with E-state index in [2.05, 4.69) is 30.3 Å². The third-order valence-electron chi connectivity index (χ3n) is 4.72. The van der Waals surface area contributed by atoms with Crippen molar-refractivity contribution >= 4 is 11.6 Å². The summed E-state index contributed by atoms with van der Waals surface area (Å²) < 4.78 is 0. The number of phenols is 2. The Morgan fingerprint density at radius 3 is 1.68 bits per heavy atom. The van der Waals surface area contributed by atoms with Crippen LogP contribution in [0.3, 0.4) is 0 Å². The molecule has 0 saturated heterocycles. The molecule has 0 atom stereocenters. The van der Waals surface area contributed by atoms with E-state index in [1.165, 1.54) is 0 Å². The number of para-hydroxylation sites is 1. The zero-order valence-electron chi connectivity index (χ0n) is 15.3. The first kappa shape index (κ1) is 17.6. The van der Waals surface area contributed by atoms with Crippen LogP contribution in [0.5, 0.6) is 11.5 Å². The van der Waals surface area contributed by atoms with Gasteiger partial charge in [-0.3, -0.25) is 0 Å². The highest BCUT2D eigenvalue weighted by Crippen LogP contribution is 2.39. The van der Waals surface area contributed by atoms with Crippen LogP contribution in [-0.2, 0) is 0 Å². The van der Waals surface area contributed by atoms with Gasteiger partial charge in [0.05, 0.1) is 0 Å². The van der Waals surface area contributed by atoms with Crippen LogP contribution in [0.1, 0.15) is 16.7 Å². The minimum Gasteiger partial charge on any atom is -0.507 e. The van der Waals surface area contributed by atoms with Crippen molar-refractivity contribution in [3.05, 3.63) is 120 Å². The third-order valence-corrected chi connectivity index (χ3v) is 4.72. The molecule has 2 N–H and O–H groups in total. The molecule has 0 aliphatic heterocycles. The second-order valence-corrected chi connectivity index (χ2v) is 6.55. The highest BCUT2D eigenvalue weighted by molar-refractivity contribution is 5.96. The molecule has 4 aromatic carbocycles. The maximum atomic E-state index is 10.6. The molecule has 0 bridgehead atoms. The van der Waals surface area contributed by atoms with Gasteiger partial charge in [0.1, 0.15) is 11.5 Å². The third kappa shape index (κ3) is 3.53. The molecule has 0 heterocycles. The Kier molecular flexibility index (Phi) is 4.94. The summed E-state index contributed by atoms with van der Waals surface area (Å²) in [6, 6.07) is 32.8. The Morgan fingerprint density at radius 1 is 0.536 bits per heavy atom. The predicted molar refractivity (Wildman–Crippen MR) is 115 cm³/mol. The average molecular weight is 364 g/mol. The second-order valence-electron chi connectivity index (χ2n) is 6.55. The first-order chi connectivity index (χ1) is 13.7. The predicted octanol–water partition coefficient (Wildman–Crippen LogP) is 6.35. The van der Waals surface area contributed by atoms with E-state index in [4.69, 9.17) is 0 Å². The van der Waals surface area contributed by atoms with Crippen molar-refractivity contribution < 1.29 is 10.2 Å². The fraction of sp³-hybridized carbons (Fsp3) is 0. The molecule has 0 amide bonds. The van der Waals surface area contributed by atoms with E-state index in [-0.39, 0.29) is 11.5 Å². The van der Waals surface area contributed by atoms with Crippen molar-refractivity contribution in [3.63, 3.8) is 0 Å². The summed E-state index contributed by atoms with van der Waals surface area (Å²) in [6.45, 7) is 0. The average Bonchev–Trinajstić information content (AvgIpc) is 2.74. The van der Waals surface area contributed by atoms with Crippen LogP contribution in [0.15, 0.2) is 103 Å². The molecule has 136 valence electrons. The maximum Gasteiger partial charge on any atom is 0.124 e. The number of benzene rings is 4. The van der Waals surface area contributed by atoms with Gasteiger partial charge in [-0.05, 0) is 40.5 Å². The number of aromatic hydroxyl groups is 2. The number of hydrogen-bond donors (Lipinski definition) is 2. The van der Waals surface area contributed by atoms with Crippen LogP contribution < -0.4 is 0 Å². The van der Waals surface area contributed by atoms with Crippen molar-refractivity contribution in [3.8, 4) is 22.6 Å². The quantitative estimate of drug-likeness (QED) is 0.414. The van der Waals surface area contributed by atoms with E-state index < -0.39 is 0 Å². The van der Waals surface area contributed by atoms with E-state index in [1.807, 2.05) is 60.7 Å². The lowest BCUT2D eigenvalue weighted by Crippen LogP contribution is -1.90. The molecule has 0 spiro atoms. The van der Waals surface area contributed by atoms with Crippen LogP contribution in [0.2, 0.25) is 0 Å². The zero-order chi connectivity index (χ0) is 19.3. The first-order valence-corrected chi connectivity index (χ1v) is 9.17. The Hall–Kier alpha value is -3.78. The molecule has 4 aromatic rings. The van der Waals surface area contributed by atoms with Crippen LogP contribution in [0, 0.1) is 0 Å². The molecule has 0 aromatic heterocycles. The van der Waals surface area contributed by atoms with Crippen LogP contribution in [0.4, 0.5) is 0 Å². The monoisotopic (exact) mass is 364 g/mol. The lowest BCUT2D eigenvalue weighted by Gasteiger charge is -2.14. The van der Waals surface area contributed by atoms with Crippen LogP contribution >= 0.6 is 0 Å². The van der Waals surface area contributed by atoms with Gasteiger partial charge in [-0.15, -0.1) is 0 Å². The van der Waals surface area contributed by atoms with Gasteiger partial charge in [-0.25, -0.2) is 0 Å². The molecule has 0 radical (unpaired) electrons. The fourth-order valence-electron chi connectivity index (χ4n) is 3.38. The second kappa shape index (κ2) is 7.85. The maximum absolute atomic E-state index is 10.6. The van der Waals surface area contributed by atoms with E-state index in [0.29, 0.717) is 11.1 Å². The van der Waals surface area contributed by atoms with Gasteiger partial charge in [0.2, 0.25) is 0 Å². The fourth-order valence-corrected chi connectivity index (χ4v) is 3.38. The summed E-state index contributed by atoms with van der Waals surface area (Å²) >= 11 is 0. The molecule has 0 aliphatic rings.